The molecule has 1 fully saturated rings. The Morgan fingerprint density at radius 2 is 1.93 bits per heavy atom. The molecule has 2 aliphatic rings. The Bertz CT molecular complexity index is 1140. The van der Waals surface area contributed by atoms with E-state index in [0.717, 1.165) is 42.0 Å². The van der Waals surface area contributed by atoms with Crippen molar-refractivity contribution in [3.05, 3.63) is 101 Å². The third-order valence-electron chi connectivity index (χ3n) is 5.79. The van der Waals surface area contributed by atoms with Gasteiger partial charge in [-0.2, -0.15) is 0 Å². The van der Waals surface area contributed by atoms with Gasteiger partial charge in [-0.25, -0.2) is 8.78 Å². The number of aromatic nitrogens is 1. The molecule has 0 bridgehead atoms. The van der Waals surface area contributed by atoms with Gasteiger partial charge in [0.2, 0.25) is 0 Å². The highest BCUT2D eigenvalue weighted by Crippen LogP contribution is 2.38. The van der Waals surface area contributed by atoms with E-state index in [9.17, 15) is 8.78 Å². The topological polar surface area (TPSA) is 28.5 Å². The van der Waals surface area contributed by atoms with Gasteiger partial charge in [-0.1, -0.05) is 12.1 Å². The standard InChI is InChI=1S/C25H21F2N3/c26-18-7-10-23(27)22(14-18)25-5-3-13-30(25)20-9-6-17-16-29-24(21(17)15-20)11-8-19-4-1-2-12-28-19/h1-2,4,6-12,14-15,25H,3,5,13,16H2/b11-8+/t25-/m1/s1. The number of benzene rings is 2. The van der Waals surface area contributed by atoms with E-state index in [2.05, 4.69) is 33.1 Å². The van der Waals surface area contributed by atoms with Crippen LogP contribution in [-0.2, 0) is 6.54 Å². The lowest BCUT2D eigenvalue weighted by atomic mass is 10.0. The van der Waals surface area contributed by atoms with Gasteiger partial charge in [0.15, 0.2) is 0 Å². The second-order valence-electron chi connectivity index (χ2n) is 7.65. The Hall–Kier alpha value is -3.34. The maximum Gasteiger partial charge on any atom is 0.128 e. The number of hydrogen-bond donors (Lipinski definition) is 0. The molecule has 150 valence electrons. The largest absolute Gasteiger partial charge is 0.364 e. The zero-order valence-electron chi connectivity index (χ0n) is 16.4. The number of rotatable bonds is 4. The molecule has 2 aromatic carbocycles. The molecule has 1 aromatic heterocycles. The highest BCUT2D eigenvalue weighted by molar-refractivity contribution is 6.13. The van der Waals surface area contributed by atoms with Crippen molar-refractivity contribution < 1.29 is 8.78 Å². The number of hydrogen-bond acceptors (Lipinski definition) is 3. The van der Waals surface area contributed by atoms with Gasteiger partial charge < -0.3 is 4.90 Å². The molecule has 0 saturated carbocycles. The van der Waals surface area contributed by atoms with E-state index in [1.165, 1.54) is 23.8 Å². The van der Waals surface area contributed by atoms with E-state index in [-0.39, 0.29) is 11.9 Å². The van der Waals surface area contributed by atoms with Crippen LogP contribution in [0, 0.1) is 11.6 Å². The summed E-state index contributed by atoms with van der Waals surface area (Å²) in [6, 6.07) is 15.6. The maximum atomic E-state index is 14.4. The minimum atomic E-state index is -0.402. The SMILES string of the molecule is Fc1ccc(F)c([C@H]2CCCN2c2ccc3c(c2)C(/C=C/c2ccccn2)=NC3)c1. The monoisotopic (exact) mass is 401 g/mol. The predicted octanol–water partition coefficient (Wildman–Crippen LogP) is 5.72. The van der Waals surface area contributed by atoms with E-state index in [1.54, 1.807) is 6.20 Å². The van der Waals surface area contributed by atoms with Crippen LogP contribution in [0.2, 0.25) is 0 Å². The van der Waals surface area contributed by atoms with E-state index >= 15 is 0 Å². The molecule has 0 unspecified atom stereocenters. The van der Waals surface area contributed by atoms with Crippen LogP contribution in [0.15, 0.2) is 71.9 Å². The van der Waals surface area contributed by atoms with Crippen LogP contribution in [0.4, 0.5) is 14.5 Å². The fourth-order valence-electron chi connectivity index (χ4n) is 4.33. The molecule has 3 heterocycles. The average Bonchev–Trinajstić information content (AvgIpc) is 3.41. The summed E-state index contributed by atoms with van der Waals surface area (Å²) >= 11 is 0. The lowest BCUT2D eigenvalue weighted by Crippen LogP contribution is -2.23. The van der Waals surface area contributed by atoms with Gasteiger partial charge in [0.25, 0.3) is 0 Å². The molecular formula is C25H21F2N3. The van der Waals surface area contributed by atoms with Crippen molar-refractivity contribution in [2.75, 3.05) is 11.4 Å². The van der Waals surface area contributed by atoms with Gasteiger partial charge in [-0.05, 0) is 73.0 Å². The fourth-order valence-corrected chi connectivity index (χ4v) is 4.33. The molecule has 3 nitrogen and oxygen atoms in total. The predicted molar refractivity (Wildman–Crippen MR) is 116 cm³/mol. The lowest BCUT2D eigenvalue weighted by molar-refractivity contribution is 0.561. The zero-order valence-corrected chi connectivity index (χ0v) is 16.4. The number of pyridine rings is 1. The third kappa shape index (κ3) is 3.52. The zero-order chi connectivity index (χ0) is 20.5. The number of fused-ring (bicyclic) bond motifs is 1. The Morgan fingerprint density at radius 1 is 1.00 bits per heavy atom. The van der Waals surface area contributed by atoms with Crippen molar-refractivity contribution in [3.8, 4) is 0 Å². The number of anilines is 1. The van der Waals surface area contributed by atoms with Gasteiger partial charge in [0.05, 0.1) is 24.0 Å². The normalized spacial score (nSPS) is 18.1. The first-order chi connectivity index (χ1) is 14.7. The molecule has 30 heavy (non-hydrogen) atoms. The summed E-state index contributed by atoms with van der Waals surface area (Å²) in [5.41, 5.74) is 5.51. The van der Waals surface area contributed by atoms with Crippen LogP contribution in [-0.4, -0.2) is 17.2 Å². The fraction of sp³-hybridized carbons (Fsp3) is 0.200. The van der Waals surface area contributed by atoms with E-state index < -0.39 is 5.82 Å². The third-order valence-corrected chi connectivity index (χ3v) is 5.79. The molecule has 1 saturated heterocycles. The second kappa shape index (κ2) is 7.82. The molecule has 0 N–H and O–H groups in total. The van der Waals surface area contributed by atoms with E-state index in [1.807, 2.05) is 30.4 Å². The van der Waals surface area contributed by atoms with Crippen LogP contribution in [0.3, 0.4) is 0 Å². The Labute approximate surface area is 174 Å². The molecule has 0 spiro atoms. The van der Waals surface area contributed by atoms with Crippen LogP contribution in [0.25, 0.3) is 6.08 Å². The maximum absolute atomic E-state index is 14.4. The molecule has 2 aliphatic heterocycles. The van der Waals surface area contributed by atoms with Gasteiger partial charge >= 0.3 is 0 Å². The highest BCUT2D eigenvalue weighted by Gasteiger charge is 2.29. The summed E-state index contributed by atoms with van der Waals surface area (Å²) in [6.45, 7) is 1.47. The van der Waals surface area contributed by atoms with Gasteiger partial charge in [-0.15, -0.1) is 0 Å². The van der Waals surface area contributed by atoms with Crippen LogP contribution < -0.4 is 4.90 Å². The van der Waals surface area contributed by atoms with E-state index in [4.69, 9.17) is 0 Å². The molecule has 1 atom stereocenters. The molecule has 5 heteroatoms. The summed E-state index contributed by atoms with van der Waals surface area (Å²) in [5.74, 6) is -0.753. The van der Waals surface area contributed by atoms with Crippen molar-refractivity contribution in [1.82, 2.24) is 4.98 Å². The van der Waals surface area contributed by atoms with Gasteiger partial charge in [0.1, 0.15) is 11.6 Å². The number of allylic oxidation sites excluding steroid dienone is 1. The van der Waals surface area contributed by atoms with Crippen LogP contribution >= 0.6 is 0 Å². The molecule has 0 amide bonds. The summed E-state index contributed by atoms with van der Waals surface area (Å²) in [7, 11) is 0. The summed E-state index contributed by atoms with van der Waals surface area (Å²) < 4.78 is 28.2. The van der Waals surface area contributed by atoms with Crippen molar-refractivity contribution in [3.63, 3.8) is 0 Å². The first-order valence-electron chi connectivity index (χ1n) is 10.2. The van der Waals surface area contributed by atoms with Gasteiger partial charge in [0, 0.05) is 29.6 Å². The number of nitrogens with zero attached hydrogens (tertiary/aromatic N) is 3. The minimum Gasteiger partial charge on any atom is -0.364 e. The molecule has 0 aliphatic carbocycles. The van der Waals surface area contributed by atoms with E-state index in [0.29, 0.717) is 12.1 Å². The van der Waals surface area contributed by atoms with Crippen molar-refractivity contribution >= 4 is 17.5 Å². The van der Waals surface area contributed by atoms with Gasteiger partial charge in [-0.3, -0.25) is 9.98 Å². The number of halogens is 2. The quantitative estimate of drug-likeness (QED) is 0.560. The lowest BCUT2D eigenvalue weighted by Gasteiger charge is -2.28. The minimum absolute atomic E-state index is 0.162. The number of aliphatic imine (C=N–C) groups is 1. The van der Waals surface area contributed by atoms with Crippen molar-refractivity contribution in [2.45, 2.75) is 25.4 Å². The first-order valence-corrected chi connectivity index (χ1v) is 10.2. The summed E-state index contributed by atoms with van der Waals surface area (Å²) in [4.78, 5) is 11.2. The van der Waals surface area contributed by atoms with Crippen molar-refractivity contribution in [1.29, 1.82) is 0 Å². The molecule has 3 aromatic rings. The molecular weight excluding hydrogens is 380 g/mol. The molecule has 5 rings (SSSR count). The summed E-state index contributed by atoms with van der Waals surface area (Å²) in [6.07, 6.45) is 7.46. The summed E-state index contributed by atoms with van der Waals surface area (Å²) in [5, 5.41) is 0. The highest BCUT2D eigenvalue weighted by atomic mass is 19.1. The second-order valence-corrected chi connectivity index (χ2v) is 7.65. The van der Waals surface area contributed by atoms with Crippen molar-refractivity contribution in [2.24, 2.45) is 4.99 Å². The Morgan fingerprint density at radius 3 is 2.80 bits per heavy atom. The van der Waals surface area contributed by atoms with Crippen LogP contribution in [0.5, 0.6) is 0 Å². The Balaban J connectivity index is 1.45. The van der Waals surface area contributed by atoms with Crippen LogP contribution in [0.1, 0.15) is 41.3 Å². The Kier molecular flexibility index (Phi) is 4.87. The smallest absolute Gasteiger partial charge is 0.128 e. The average molecular weight is 401 g/mol. The first kappa shape index (κ1) is 18.7. The molecule has 0 radical (unpaired) electrons.